The van der Waals surface area contributed by atoms with E-state index >= 15 is 0 Å². The van der Waals surface area contributed by atoms with Crippen LogP contribution in [0.5, 0.6) is 0 Å². The second kappa shape index (κ2) is 15.4. The van der Waals surface area contributed by atoms with Gasteiger partial charge in [0.1, 0.15) is 22.9 Å². The molecule has 0 aliphatic carbocycles. The first-order valence-electron chi connectivity index (χ1n) is 16.7. The lowest BCUT2D eigenvalue weighted by molar-refractivity contribution is -0.157. The van der Waals surface area contributed by atoms with Gasteiger partial charge in [-0.25, -0.2) is 9.97 Å². The van der Waals surface area contributed by atoms with Gasteiger partial charge in [-0.3, -0.25) is 9.59 Å². The summed E-state index contributed by atoms with van der Waals surface area (Å²) < 4.78 is 50.1. The van der Waals surface area contributed by atoms with E-state index in [1.807, 2.05) is 69.3 Å². The SMILES string of the molecule is CCC[C@H](CC(=O)OC(C)(C)C)c1ncc(-c2ccc(-c3ccc(-c4cnc([C@H](CCC(F)(F)F)CC(=O)OC(C)(C)C)[nH]4)cc3)cc2)[nH]1. The quantitative estimate of drug-likeness (QED) is 0.136. The molecule has 2 aromatic carbocycles. The monoisotopic (exact) mass is 680 g/mol. The number of carbonyl (C=O) groups is 2. The Morgan fingerprint density at radius 1 is 0.653 bits per heavy atom. The number of benzene rings is 2. The van der Waals surface area contributed by atoms with E-state index < -0.39 is 35.7 Å². The zero-order valence-electron chi connectivity index (χ0n) is 29.3. The molecule has 0 saturated heterocycles. The third-order valence-corrected chi connectivity index (χ3v) is 7.77. The van der Waals surface area contributed by atoms with Crippen LogP contribution in [-0.2, 0) is 19.1 Å². The van der Waals surface area contributed by atoms with Gasteiger partial charge in [0.2, 0.25) is 0 Å². The van der Waals surface area contributed by atoms with Crippen molar-refractivity contribution in [2.45, 2.75) is 116 Å². The number of alkyl halides is 3. The van der Waals surface area contributed by atoms with Crippen LogP contribution in [0.1, 0.15) is 110 Å². The van der Waals surface area contributed by atoms with Crippen LogP contribution in [0.2, 0.25) is 0 Å². The zero-order chi connectivity index (χ0) is 36.0. The summed E-state index contributed by atoms with van der Waals surface area (Å²) in [5.41, 5.74) is 3.97. The molecule has 0 radical (unpaired) electrons. The minimum atomic E-state index is -4.35. The topological polar surface area (TPSA) is 110 Å². The van der Waals surface area contributed by atoms with Gasteiger partial charge in [-0.05, 0) is 76.6 Å². The van der Waals surface area contributed by atoms with Crippen LogP contribution >= 0.6 is 0 Å². The summed E-state index contributed by atoms with van der Waals surface area (Å²) in [6, 6.07) is 15.8. The fourth-order valence-corrected chi connectivity index (χ4v) is 5.59. The van der Waals surface area contributed by atoms with E-state index in [1.54, 1.807) is 33.2 Å². The van der Waals surface area contributed by atoms with Gasteiger partial charge < -0.3 is 19.4 Å². The number of rotatable bonds is 13. The molecule has 0 unspecified atom stereocenters. The predicted octanol–water partition coefficient (Wildman–Crippen LogP) is 9.91. The van der Waals surface area contributed by atoms with Crippen molar-refractivity contribution < 1.29 is 32.2 Å². The van der Waals surface area contributed by atoms with Crippen molar-refractivity contribution >= 4 is 11.9 Å². The minimum absolute atomic E-state index is 0.0620. The Kier molecular flexibility index (Phi) is 11.8. The first-order valence-corrected chi connectivity index (χ1v) is 16.7. The van der Waals surface area contributed by atoms with Crippen molar-refractivity contribution in [1.82, 2.24) is 19.9 Å². The van der Waals surface area contributed by atoms with Gasteiger partial charge in [-0.2, -0.15) is 13.2 Å². The van der Waals surface area contributed by atoms with Gasteiger partial charge in [0.05, 0.1) is 36.6 Å². The third kappa shape index (κ3) is 11.6. The number of hydrogen-bond donors (Lipinski definition) is 2. The molecule has 4 aromatic rings. The Hall–Kier alpha value is -4.41. The summed E-state index contributed by atoms with van der Waals surface area (Å²) >= 11 is 0. The van der Waals surface area contributed by atoms with Crippen LogP contribution < -0.4 is 0 Å². The number of carbonyl (C=O) groups excluding carboxylic acids is 2. The van der Waals surface area contributed by atoms with Gasteiger partial charge in [0, 0.05) is 18.3 Å². The second-order valence-corrected chi connectivity index (χ2v) is 14.4. The maximum Gasteiger partial charge on any atom is 0.389 e. The number of ether oxygens (including phenoxy) is 2. The van der Waals surface area contributed by atoms with Gasteiger partial charge >= 0.3 is 18.1 Å². The van der Waals surface area contributed by atoms with Gasteiger partial charge in [-0.15, -0.1) is 0 Å². The van der Waals surface area contributed by atoms with E-state index in [-0.39, 0.29) is 31.1 Å². The lowest BCUT2D eigenvalue weighted by Gasteiger charge is -2.22. The summed E-state index contributed by atoms with van der Waals surface area (Å²) in [6.07, 6.45) is -0.519. The summed E-state index contributed by atoms with van der Waals surface area (Å²) in [7, 11) is 0. The molecule has 0 aliphatic heterocycles. The van der Waals surface area contributed by atoms with Gasteiger partial charge in [0.25, 0.3) is 0 Å². The summed E-state index contributed by atoms with van der Waals surface area (Å²) in [4.78, 5) is 40.5. The molecule has 0 spiro atoms. The number of imidazole rings is 2. The Morgan fingerprint density at radius 2 is 1.02 bits per heavy atom. The number of aromatic nitrogens is 4. The molecule has 264 valence electrons. The third-order valence-electron chi connectivity index (χ3n) is 7.77. The summed E-state index contributed by atoms with van der Waals surface area (Å²) in [5.74, 6) is -0.557. The number of nitrogens with one attached hydrogen (secondary N) is 2. The first-order chi connectivity index (χ1) is 22.9. The maximum absolute atomic E-state index is 13.1. The number of H-pyrrole nitrogens is 2. The molecule has 8 nitrogen and oxygen atoms in total. The number of aromatic amines is 2. The van der Waals surface area contributed by atoms with E-state index in [1.165, 1.54) is 0 Å². The molecule has 49 heavy (non-hydrogen) atoms. The molecule has 0 bridgehead atoms. The lowest BCUT2D eigenvalue weighted by atomic mass is 9.98. The molecule has 0 fully saturated rings. The van der Waals surface area contributed by atoms with E-state index in [0.717, 1.165) is 46.6 Å². The van der Waals surface area contributed by atoms with Crippen molar-refractivity contribution in [1.29, 1.82) is 0 Å². The molecule has 11 heteroatoms. The van der Waals surface area contributed by atoms with Crippen LogP contribution in [-0.4, -0.2) is 49.3 Å². The number of esters is 2. The molecule has 0 saturated carbocycles. The Morgan fingerprint density at radius 3 is 1.37 bits per heavy atom. The Balaban J connectivity index is 1.45. The molecular weight excluding hydrogens is 633 g/mol. The van der Waals surface area contributed by atoms with Crippen molar-refractivity contribution in [3.63, 3.8) is 0 Å². The first kappa shape index (κ1) is 37.4. The second-order valence-electron chi connectivity index (χ2n) is 14.4. The molecule has 2 N–H and O–H groups in total. The van der Waals surface area contributed by atoms with Crippen molar-refractivity contribution in [2.75, 3.05) is 0 Å². The van der Waals surface area contributed by atoms with Crippen LogP contribution in [0, 0.1) is 0 Å². The van der Waals surface area contributed by atoms with Gasteiger partial charge in [-0.1, -0.05) is 61.9 Å². The molecule has 4 rings (SSSR count). The normalized spacial score (nSPS) is 13.6. The standard InChI is InChI=1S/C38H47F3N4O4/c1-8-9-28(20-32(46)48-36(2,3)4)34-42-22-30(44-34)26-14-10-24(11-15-26)25-12-16-27(17-13-25)31-23-43-35(45-31)29(18-19-38(39,40)41)21-33(47)49-37(5,6)7/h10-17,22-23,28-29H,8-9,18-21H2,1-7H3,(H,42,44)(H,43,45)/t28-,29-/m1/s1. The summed E-state index contributed by atoms with van der Waals surface area (Å²) in [6.45, 7) is 12.8. The number of hydrogen-bond acceptors (Lipinski definition) is 6. The molecule has 2 heterocycles. The smallest absolute Gasteiger partial charge is 0.389 e. The molecule has 2 atom stereocenters. The van der Waals surface area contributed by atoms with E-state index in [0.29, 0.717) is 11.5 Å². The van der Waals surface area contributed by atoms with Crippen molar-refractivity contribution in [3.8, 4) is 33.6 Å². The average molecular weight is 681 g/mol. The van der Waals surface area contributed by atoms with Crippen LogP contribution in [0.3, 0.4) is 0 Å². The zero-order valence-corrected chi connectivity index (χ0v) is 29.3. The Bertz CT molecular complexity index is 1680. The van der Waals surface area contributed by atoms with E-state index in [9.17, 15) is 22.8 Å². The Labute approximate surface area is 286 Å². The summed E-state index contributed by atoms with van der Waals surface area (Å²) in [5, 5.41) is 0. The highest BCUT2D eigenvalue weighted by Gasteiger charge is 2.31. The van der Waals surface area contributed by atoms with Crippen LogP contribution in [0.25, 0.3) is 33.6 Å². The fraction of sp³-hybridized carbons (Fsp3) is 0.474. The van der Waals surface area contributed by atoms with E-state index in [4.69, 9.17) is 9.47 Å². The molecule has 2 aromatic heterocycles. The highest BCUT2D eigenvalue weighted by atomic mass is 19.4. The van der Waals surface area contributed by atoms with Crippen LogP contribution in [0.4, 0.5) is 13.2 Å². The van der Waals surface area contributed by atoms with Crippen molar-refractivity contribution in [2.24, 2.45) is 0 Å². The number of halogens is 3. The number of nitrogens with zero attached hydrogens (tertiary/aromatic N) is 2. The van der Waals surface area contributed by atoms with Crippen molar-refractivity contribution in [3.05, 3.63) is 72.6 Å². The predicted molar refractivity (Wildman–Crippen MR) is 184 cm³/mol. The molecule has 0 aliphatic rings. The fourth-order valence-electron chi connectivity index (χ4n) is 5.59. The highest BCUT2D eigenvalue weighted by molar-refractivity contribution is 5.73. The maximum atomic E-state index is 13.1. The largest absolute Gasteiger partial charge is 0.460 e. The lowest BCUT2D eigenvalue weighted by Crippen LogP contribution is -2.25. The minimum Gasteiger partial charge on any atom is -0.460 e. The molecule has 0 amide bonds. The molecular formula is C38H47F3N4O4. The van der Waals surface area contributed by atoms with E-state index in [2.05, 4.69) is 26.9 Å². The van der Waals surface area contributed by atoms with Gasteiger partial charge in [0.15, 0.2) is 0 Å². The van der Waals surface area contributed by atoms with Crippen LogP contribution in [0.15, 0.2) is 60.9 Å². The average Bonchev–Trinajstić information content (AvgIpc) is 3.68. The highest BCUT2D eigenvalue weighted by Crippen LogP contribution is 2.33.